The van der Waals surface area contributed by atoms with Crippen LogP contribution in [0.25, 0.3) is 0 Å². The SMILES string of the molecule is O=S(=O)(NCCSCc1ccccc1F)N1CCCC1. The molecule has 1 aromatic rings. The van der Waals surface area contributed by atoms with E-state index in [9.17, 15) is 12.8 Å². The molecule has 1 aliphatic heterocycles. The van der Waals surface area contributed by atoms with E-state index < -0.39 is 10.2 Å². The lowest BCUT2D eigenvalue weighted by molar-refractivity contribution is 0.467. The highest BCUT2D eigenvalue weighted by molar-refractivity contribution is 7.98. The zero-order chi connectivity index (χ0) is 14.4. The molecule has 1 N–H and O–H groups in total. The molecule has 20 heavy (non-hydrogen) atoms. The number of benzene rings is 1. The molecule has 1 aliphatic rings. The van der Waals surface area contributed by atoms with Gasteiger partial charge in [0, 0.05) is 31.1 Å². The average Bonchev–Trinajstić information content (AvgIpc) is 2.95. The van der Waals surface area contributed by atoms with Gasteiger partial charge >= 0.3 is 0 Å². The molecule has 0 aliphatic carbocycles. The standard InChI is InChI=1S/C13H19FN2O2S2/c14-13-6-2-1-5-12(13)11-19-10-7-15-20(17,18)16-8-3-4-9-16/h1-2,5-6,15H,3-4,7-11H2. The van der Waals surface area contributed by atoms with Gasteiger partial charge in [-0.05, 0) is 24.5 Å². The van der Waals surface area contributed by atoms with Crippen molar-refractivity contribution in [3.05, 3.63) is 35.6 Å². The van der Waals surface area contributed by atoms with E-state index in [0.29, 0.717) is 36.7 Å². The number of rotatable bonds is 7. The van der Waals surface area contributed by atoms with E-state index in [0.717, 1.165) is 12.8 Å². The lowest BCUT2D eigenvalue weighted by Crippen LogP contribution is -2.39. The van der Waals surface area contributed by atoms with Crippen LogP contribution >= 0.6 is 11.8 Å². The molecule has 1 heterocycles. The maximum Gasteiger partial charge on any atom is 0.279 e. The molecule has 1 fully saturated rings. The van der Waals surface area contributed by atoms with Crippen molar-refractivity contribution in [3.8, 4) is 0 Å². The van der Waals surface area contributed by atoms with Crippen LogP contribution in [0.2, 0.25) is 0 Å². The first-order valence-electron chi connectivity index (χ1n) is 6.65. The van der Waals surface area contributed by atoms with Gasteiger partial charge in [0.15, 0.2) is 0 Å². The molecule has 0 amide bonds. The van der Waals surface area contributed by atoms with Crippen LogP contribution < -0.4 is 4.72 Å². The number of nitrogens with one attached hydrogen (secondary N) is 1. The predicted octanol–water partition coefficient (Wildman–Crippen LogP) is 1.99. The quantitative estimate of drug-likeness (QED) is 0.782. The van der Waals surface area contributed by atoms with Crippen molar-refractivity contribution in [2.24, 2.45) is 0 Å². The molecule has 7 heteroatoms. The van der Waals surface area contributed by atoms with Crippen molar-refractivity contribution in [2.75, 3.05) is 25.4 Å². The fraction of sp³-hybridized carbons (Fsp3) is 0.538. The minimum absolute atomic E-state index is 0.211. The molecule has 1 aromatic carbocycles. The third-order valence-corrected chi connectivity index (χ3v) is 5.77. The van der Waals surface area contributed by atoms with Crippen molar-refractivity contribution in [1.82, 2.24) is 9.03 Å². The van der Waals surface area contributed by atoms with Gasteiger partial charge in [-0.3, -0.25) is 0 Å². The van der Waals surface area contributed by atoms with Crippen molar-refractivity contribution >= 4 is 22.0 Å². The molecule has 0 bridgehead atoms. The van der Waals surface area contributed by atoms with Crippen molar-refractivity contribution < 1.29 is 12.8 Å². The Morgan fingerprint density at radius 3 is 2.65 bits per heavy atom. The van der Waals surface area contributed by atoms with Gasteiger partial charge in [-0.1, -0.05) is 18.2 Å². The van der Waals surface area contributed by atoms with E-state index in [1.807, 2.05) is 0 Å². The second kappa shape index (κ2) is 7.40. The van der Waals surface area contributed by atoms with Crippen molar-refractivity contribution in [1.29, 1.82) is 0 Å². The molecule has 0 unspecified atom stereocenters. The van der Waals surface area contributed by atoms with E-state index in [4.69, 9.17) is 0 Å². The monoisotopic (exact) mass is 318 g/mol. The van der Waals surface area contributed by atoms with Crippen LogP contribution in [-0.4, -0.2) is 38.1 Å². The minimum atomic E-state index is -3.32. The molecule has 0 atom stereocenters. The summed E-state index contributed by atoms with van der Waals surface area (Å²) < 4.78 is 41.2. The van der Waals surface area contributed by atoms with Gasteiger partial charge in [-0.2, -0.15) is 24.5 Å². The van der Waals surface area contributed by atoms with Gasteiger partial charge in [0.2, 0.25) is 0 Å². The number of halogens is 1. The van der Waals surface area contributed by atoms with Gasteiger partial charge < -0.3 is 0 Å². The van der Waals surface area contributed by atoms with Crippen LogP contribution in [0, 0.1) is 5.82 Å². The van der Waals surface area contributed by atoms with E-state index in [-0.39, 0.29) is 5.82 Å². The maximum absolute atomic E-state index is 13.4. The number of hydrogen-bond acceptors (Lipinski definition) is 3. The van der Waals surface area contributed by atoms with E-state index in [2.05, 4.69) is 4.72 Å². The Labute approximate surface area is 123 Å². The minimum Gasteiger partial charge on any atom is -0.207 e. The van der Waals surface area contributed by atoms with E-state index in [1.165, 1.54) is 22.1 Å². The van der Waals surface area contributed by atoms with Gasteiger partial charge in [-0.25, -0.2) is 9.11 Å². The average molecular weight is 318 g/mol. The van der Waals surface area contributed by atoms with Gasteiger partial charge in [0.1, 0.15) is 5.82 Å². The van der Waals surface area contributed by atoms with Crippen LogP contribution in [-0.2, 0) is 16.0 Å². The normalized spacial score (nSPS) is 16.6. The molecule has 2 rings (SSSR count). The molecule has 0 aromatic heterocycles. The smallest absolute Gasteiger partial charge is 0.207 e. The molecule has 0 radical (unpaired) electrons. The first-order chi connectivity index (χ1) is 9.59. The topological polar surface area (TPSA) is 49.4 Å². The summed E-state index contributed by atoms with van der Waals surface area (Å²) in [7, 11) is -3.32. The number of thioether (sulfide) groups is 1. The largest absolute Gasteiger partial charge is 0.279 e. The molecule has 0 spiro atoms. The summed E-state index contributed by atoms with van der Waals surface area (Å²) in [5, 5.41) is 0. The molecule has 112 valence electrons. The highest BCUT2D eigenvalue weighted by Gasteiger charge is 2.24. The second-order valence-corrected chi connectivity index (χ2v) is 7.51. The first kappa shape index (κ1) is 15.8. The summed E-state index contributed by atoms with van der Waals surface area (Å²) in [5.74, 6) is 0.970. The van der Waals surface area contributed by atoms with Crippen LogP contribution in [0.15, 0.2) is 24.3 Å². The molecule has 4 nitrogen and oxygen atoms in total. The highest BCUT2D eigenvalue weighted by Crippen LogP contribution is 2.15. The Balaban J connectivity index is 1.68. The van der Waals surface area contributed by atoms with Gasteiger partial charge in [0.05, 0.1) is 0 Å². The van der Waals surface area contributed by atoms with Crippen LogP contribution in [0.3, 0.4) is 0 Å². The summed E-state index contributed by atoms with van der Waals surface area (Å²) in [6.45, 7) is 1.59. The Morgan fingerprint density at radius 1 is 1.25 bits per heavy atom. The Morgan fingerprint density at radius 2 is 1.95 bits per heavy atom. The molecule has 0 saturated carbocycles. The van der Waals surface area contributed by atoms with Gasteiger partial charge in [0.25, 0.3) is 10.2 Å². The second-order valence-electron chi connectivity index (χ2n) is 4.65. The summed E-state index contributed by atoms with van der Waals surface area (Å²) in [6.07, 6.45) is 1.87. The summed E-state index contributed by atoms with van der Waals surface area (Å²) in [4.78, 5) is 0. The molecule has 1 saturated heterocycles. The summed E-state index contributed by atoms with van der Waals surface area (Å²) in [5.41, 5.74) is 0.653. The van der Waals surface area contributed by atoms with E-state index in [1.54, 1.807) is 18.2 Å². The summed E-state index contributed by atoms with van der Waals surface area (Å²) in [6, 6.07) is 6.64. The maximum atomic E-state index is 13.4. The fourth-order valence-electron chi connectivity index (χ4n) is 2.06. The zero-order valence-electron chi connectivity index (χ0n) is 11.2. The lowest BCUT2D eigenvalue weighted by atomic mass is 10.2. The first-order valence-corrected chi connectivity index (χ1v) is 9.25. The zero-order valence-corrected chi connectivity index (χ0v) is 12.9. The third-order valence-electron chi connectivity index (χ3n) is 3.15. The Kier molecular flexibility index (Phi) is 5.83. The van der Waals surface area contributed by atoms with Crippen LogP contribution in [0.1, 0.15) is 18.4 Å². The van der Waals surface area contributed by atoms with Crippen molar-refractivity contribution in [2.45, 2.75) is 18.6 Å². The Hall–Kier alpha value is -0.630. The summed E-state index contributed by atoms with van der Waals surface area (Å²) >= 11 is 1.52. The predicted molar refractivity (Wildman–Crippen MR) is 80.3 cm³/mol. The molecular weight excluding hydrogens is 299 g/mol. The molecular formula is C13H19FN2O2S2. The van der Waals surface area contributed by atoms with Crippen LogP contribution in [0.5, 0.6) is 0 Å². The van der Waals surface area contributed by atoms with E-state index >= 15 is 0 Å². The highest BCUT2D eigenvalue weighted by atomic mass is 32.2. The number of hydrogen-bond donors (Lipinski definition) is 1. The van der Waals surface area contributed by atoms with Crippen LogP contribution in [0.4, 0.5) is 4.39 Å². The third kappa shape index (κ3) is 4.44. The Bertz CT molecular complexity index is 531. The lowest BCUT2D eigenvalue weighted by Gasteiger charge is -2.15. The van der Waals surface area contributed by atoms with Gasteiger partial charge in [-0.15, -0.1) is 0 Å². The van der Waals surface area contributed by atoms with Crippen molar-refractivity contribution in [3.63, 3.8) is 0 Å². The number of nitrogens with zero attached hydrogens (tertiary/aromatic N) is 1. The fourth-order valence-corrected chi connectivity index (χ4v) is 4.32.